The molecule has 2 N–H and O–H groups in total. The maximum Gasteiger partial charge on any atom is 0.190 e. The van der Waals surface area contributed by atoms with Gasteiger partial charge >= 0.3 is 0 Å². The Labute approximate surface area is 166 Å². The smallest absolute Gasteiger partial charge is 0.190 e. The van der Waals surface area contributed by atoms with Gasteiger partial charge in [0.1, 0.15) is 5.82 Å². The lowest BCUT2D eigenvalue weighted by molar-refractivity contribution is 0.355. The Balaban J connectivity index is 1.99. The lowest BCUT2D eigenvalue weighted by Gasteiger charge is -2.10. The van der Waals surface area contributed by atoms with E-state index in [0.717, 1.165) is 11.3 Å². The van der Waals surface area contributed by atoms with Gasteiger partial charge in [-0.25, -0.2) is 14.6 Å². The van der Waals surface area contributed by atoms with Crippen LogP contribution >= 0.6 is 11.8 Å². The Bertz CT molecular complexity index is 1140. The normalized spacial score (nSPS) is 11.0. The van der Waals surface area contributed by atoms with Gasteiger partial charge in [-0.2, -0.15) is 0 Å². The molecule has 0 spiro atoms. The first-order valence-electron chi connectivity index (χ1n) is 8.54. The molecule has 4 aromatic rings. The summed E-state index contributed by atoms with van der Waals surface area (Å²) in [6.07, 6.45) is 1.93. The molecule has 142 valence electrons. The summed E-state index contributed by atoms with van der Waals surface area (Å²) in [5.41, 5.74) is 9.45. The van der Waals surface area contributed by atoms with Gasteiger partial charge < -0.3 is 15.2 Å². The Hall–Kier alpha value is -3.26. The number of aromatic nitrogens is 4. The fourth-order valence-electron chi connectivity index (χ4n) is 3.04. The zero-order valence-electron chi connectivity index (χ0n) is 15.7. The second-order valence-electron chi connectivity index (χ2n) is 5.96. The van der Waals surface area contributed by atoms with Crippen LogP contribution in [0.2, 0.25) is 0 Å². The van der Waals surface area contributed by atoms with E-state index in [4.69, 9.17) is 20.2 Å². The first-order chi connectivity index (χ1) is 13.7. The summed E-state index contributed by atoms with van der Waals surface area (Å²) in [6, 6.07) is 15.4. The second kappa shape index (κ2) is 7.40. The van der Waals surface area contributed by atoms with Crippen molar-refractivity contribution in [1.82, 2.24) is 19.7 Å². The fourth-order valence-corrected chi connectivity index (χ4v) is 3.40. The number of rotatable bonds is 5. The van der Waals surface area contributed by atoms with Crippen molar-refractivity contribution in [2.75, 3.05) is 26.2 Å². The van der Waals surface area contributed by atoms with E-state index in [0.29, 0.717) is 39.2 Å². The van der Waals surface area contributed by atoms with Crippen molar-refractivity contribution in [2.45, 2.75) is 5.16 Å². The van der Waals surface area contributed by atoms with Gasteiger partial charge in [0, 0.05) is 5.56 Å². The average Bonchev–Trinajstić information content (AvgIpc) is 3.09. The number of benzene rings is 2. The predicted molar refractivity (Wildman–Crippen MR) is 111 cm³/mol. The molecule has 0 aliphatic heterocycles. The fraction of sp³-hybridized carbons (Fsp3) is 0.150. The predicted octanol–water partition coefficient (Wildman–Crippen LogP) is 3.80. The van der Waals surface area contributed by atoms with Crippen molar-refractivity contribution in [1.29, 1.82) is 0 Å². The zero-order valence-corrected chi connectivity index (χ0v) is 16.5. The molecule has 0 saturated heterocycles. The number of anilines is 1. The first-order valence-corrected chi connectivity index (χ1v) is 9.76. The van der Waals surface area contributed by atoms with Crippen LogP contribution in [0.25, 0.3) is 28.0 Å². The van der Waals surface area contributed by atoms with Crippen LogP contribution in [0.4, 0.5) is 5.82 Å². The lowest BCUT2D eigenvalue weighted by atomic mass is 10.1. The maximum absolute atomic E-state index is 6.49. The van der Waals surface area contributed by atoms with Crippen LogP contribution in [0.15, 0.2) is 53.7 Å². The Morgan fingerprint density at radius 2 is 1.71 bits per heavy atom. The maximum atomic E-state index is 6.49. The number of fused-ring (bicyclic) bond motifs is 1. The highest BCUT2D eigenvalue weighted by Crippen LogP contribution is 2.37. The summed E-state index contributed by atoms with van der Waals surface area (Å²) in [5, 5.41) is 5.95. The molecule has 8 heteroatoms. The summed E-state index contributed by atoms with van der Waals surface area (Å²) in [7, 11) is 3.21. The zero-order chi connectivity index (χ0) is 19.7. The molecule has 0 unspecified atom stereocenters. The van der Waals surface area contributed by atoms with Crippen LogP contribution in [-0.2, 0) is 0 Å². The van der Waals surface area contributed by atoms with E-state index in [1.807, 2.05) is 54.8 Å². The summed E-state index contributed by atoms with van der Waals surface area (Å²) in [4.78, 5) is 9.26. The number of nitrogens with zero attached hydrogens (tertiary/aromatic N) is 4. The van der Waals surface area contributed by atoms with Crippen molar-refractivity contribution < 1.29 is 9.47 Å². The van der Waals surface area contributed by atoms with Crippen molar-refractivity contribution in [3.05, 3.63) is 48.5 Å². The van der Waals surface area contributed by atoms with Crippen LogP contribution in [0, 0.1) is 0 Å². The van der Waals surface area contributed by atoms with E-state index in [2.05, 4.69) is 10.1 Å². The summed E-state index contributed by atoms with van der Waals surface area (Å²) in [5.74, 6) is 1.75. The molecule has 2 heterocycles. The molecule has 0 radical (unpaired) electrons. The van der Waals surface area contributed by atoms with Crippen LogP contribution < -0.4 is 15.2 Å². The third kappa shape index (κ3) is 3.01. The number of hydrogen-bond donors (Lipinski definition) is 1. The molecular weight excluding hydrogens is 374 g/mol. The largest absolute Gasteiger partial charge is 0.493 e. The van der Waals surface area contributed by atoms with Gasteiger partial charge in [-0.15, -0.1) is 5.10 Å². The minimum Gasteiger partial charge on any atom is -0.493 e. The Kier molecular flexibility index (Phi) is 4.79. The highest BCUT2D eigenvalue weighted by molar-refractivity contribution is 7.98. The number of hydrogen-bond acceptors (Lipinski definition) is 7. The summed E-state index contributed by atoms with van der Waals surface area (Å²) >= 11 is 1.45. The molecule has 2 aromatic carbocycles. The first kappa shape index (κ1) is 18.1. The van der Waals surface area contributed by atoms with Crippen LogP contribution in [-0.4, -0.2) is 40.2 Å². The number of nitrogen functional groups attached to an aromatic ring is 1. The number of thioether (sulfide) groups is 1. The van der Waals surface area contributed by atoms with Gasteiger partial charge in [-0.3, -0.25) is 0 Å². The van der Waals surface area contributed by atoms with Crippen molar-refractivity contribution >= 4 is 28.6 Å². The van der Waals surface area contributed by atoms with Crippen molar-refractivity contribution in [3.63, 3.8) is 0 Å². The molecule has 0 bridgehead atoms. The monoisotopic (exact) mass is 393 g/mol. The van der Waals surface area contributed by atoms with Gasteiger partial charge in [0.05, 0.1) is 31.0 Å². The molecule has 2 aromatic heterocycles. The number of methoxy groups -OCH3 is 2. The summed E-state index contributed by atoms with van der Waals surface area (Å²) in [6.45, 7) is 0. The Morgan fingerprint density at radius 1 is 0.964 bits per heavy atom. The molecule has 0 amide bonds. The quantitative estimate of drug-likeness (QED) is 0.407. The minimum atomic E-state index is 0.485. The van der Waals surface area contributed by atoms with E-state index in [9.17, 15) is 0 Å². The van der Waals surface area contributed by atoms with Gasteiger partial charge in [-0.05, 0) is 36.6 Å². The second-order valence-corrected chi connectivity index (χ2v) is 6.73. The summed E-state index contributed by atoms with van der Waals surface area (Å²) < 4.78 is 12.5. The van der Waals surface area contributed by atoms with Gasteiger partial charge in [0.2, 0.25) is 0 Å². The van der Waals surface area contributed by atoms with E-state index in [1.165, 1.54) is 11.8 Å². The molecule has 28 heavy (non-hydrogen) atoms. The van der Waals surface area contributed by atoms with E-state index in [1.54, 1.807) is 18.9 Å². The minimum absolute atomic E-state index is 0.485. The highest BCUT2D eigenvalue weighted by Gasteiger charge is 2.20. The molecule has 0 aliphatic carbocycles. The van der Waals surface area contributed by atoms with Gasteiger partial charge in [0.15, 0.2) is 22.3 Å². The standard InChI is InChI=1S/C20H19N5O2S/c1-26-14-10-9-12(11-15(14)27-2)17-16-18(21)25(13-7-5-4-6-8-13)24-19(16)23-20(22-17)28-3/h4-11H,21H2,1-3H3. The average molecular weight is 393 g/mol. The van der Waals surface area contributed by atoms with Crippen LogP contribution in [0.1, 0.15) is 0 Å². The van der Waals surface area contributed by atoms with Gasteiger partial charge in [-0.1, -0.05) is 30.0 Å². The Morgan fingerprint density at radius 3 is 2.39 bits per heavy atom. The molecule has 7 nitrogen and oxygen atoms in total. The number of nitrogens with two attached hydrogens (primary N) is 1. The molecule has 0 atom stereocenters. The molecular formula is C20H19N5O2S. The topological polar surface area (TPSA) is 88.1 Å². The third-order valence-electron chi connectivity index (χ3n) is 4.39. The molecule has 0 saturated carbocycles. The lowest BCUT2D eigenvalue weighted by Crippen LogP contribution is -2.01. The van der Waals surface area contributed by atoms with E-state index >= 15 is 0 Å². The molecule has 4 rings (SSSR count). The molecule has 0 aliphatic rings. The molecule has 0 fully saturated rings. The third-order valence-corrected chi connectivity index (χ3v) is 4.94. The SMILES string of the molecule is COc1ccc(-c2nc(SC)nc3nn(-c4ccccc4)c(N)c23)cc1OC. The van der Waals surface area contributed by atoms with Crippen molar-refractivity contribution in [2.24, 2.45) is 0 Å². The number of ether oxygens (including phenoxy) is 2. The van der Waals surface area contributed by atoms with Crippen LogP contribution in [0.3, 0.4) is 0 Å². The van der Waals surface area contributed by atoms with Gasteiger partial charge in [0.25, 0.3) is 0 Å². The van der Waals surface area contributed by atoms with E-state index in [-0.39, 0.29) is 0 Å². The van der Waals surface area contributed by atoms with Crippen molar-refractivity contribution in [3.8, 4) is 28.4 Å². The van der Waals surface area contributed by atoms with Crippen LogP contribution in [0.5, 0.6) is 11.5 Å². The highest BCUT2D eigenvalue weighted by atomic mass is 32.2. The number of para-hydroxylation sites is 1. The van der Waals surface area contributed by atoms with E-state index < -0.39 is 0 Å².